The van der Waals surface area contributed by atoms with Gasteiger partial charge in [0.05, 0.1) is 5.75 Å². The summed E-state index contributed by atoms with van der Waals surface area (Å²) >= 11 is 0. The van der Waals surface area contributed by atoms with Crippen molar-refractivity contribution >= 4 is 15.7 Å². The molecule has 0 aliphatic carbocycles. The molecule has 1 N–H and O–H groups in total. The Morgan fingerprint density at radius 3 is 2.88 bits per heavy atom. The van der Waals surface area contributed by atoms with Crippen LogP contribution in [0.3, 0.4) is 0 Å². The summed E-state index contributed by atoms with van der Waals surface area (Å²) in [7, 11) is -3.17. The van der Waals surface area contributed by atoms with Crippen molar-refractivity contribution in [2.24, 2.45) is 0 Å². The Hall–Kier alpha value is -1.07. The minimum absolute atomic E-state index is 0.0934. The molecular weight excluding hydrogens is 236 g/mol. The van der Waals surface area contributed by atoms with Crippen molar-refractivity contribution in [3.63, 3.8) is 0 Å². The van der Waals surface area contributed by atoms with Crippen molar-refractivity contribution in [2.45, 2.75) is 19.1 Å². The molecule has 94 valence electrons. The van der Waals surface area contributed by atoms with Crippen LogP contribution in [0, 0.1) is 0 Å². The van der Waals surface area contributed by atoms with Gasteiger partial charge in [-0.25, -0.2) is 8.42 Å². The first kappa shape index (κ1) is 12.4. The van der Waals surface area contributed by atoms with Gasteiger partial charge in [-0.2, -0.15) is 4.31 Å². The summed E-state index contributed by atoms with van der Waals surface area (Å²) in [4.78, 5) is 0. The average Bonchev–Trinajstić information content (AvgIpc) is 2.28. The van der Waals surface area contributed by atoms with Crippen LogP contribution in [0.15, 0.2) is 24.3 Å². The summed E-state index contributed by atoms with van der Waals surface area (Å²) in [6, 6.07) is 7.60. The van der Waals surface area contributed by atoms with Gasteiger partial charge >= 0.3 is 0 Å². The van der Waals surface area contributed by atoms with Gasteiger partial charge in [0.15, 0.2) is 0 Å². The van der Waals surface area contributed by atoms with E-state index in [0.717, 1.165) is 17.7 Å². The molecule has 17 heavy (non-hydrogen) atoms. The van der Waals surface area contributed by atoms with E-state index in [2.05, 4.69) is 5.32 Å². The molecule has 0 saturated carbocycles. The first-order valence-corrected chi connectivity index (χ1v) is 7.54. The first-order valence-electron chi connectivity index (χ1n) is 5.93. The van der Waals surface area contributed by atoms with Gasteiger partial charge < -0.3 is 5.32 Å². The van der Waals surface area contributed by atoms with E-state index in [4.69, 9.17) is 0 Å². The van der Waals surface area contributed by atoms with Gasteiger partial charge in [0.1, 0.15) is 0 Å². The number of para-hydroxylation sites is 1. The Labute approximate surface area is 103 Å². The summed E-state index contributed by atoms with van der Waals surface area (Å²) in [5, 5.41) is 3.29. The van der Waals surface area contributed by atoms with Crippen molar-refractivity contribution in [1.82, 2.24) is 4.31 Å². The van der Waals surface area contributed by atoms with Gasteiger partial charge in [0, 0.05) is 25.3 Å². The van der Waals surface area contributed by atoms with Gasteiger partial charge in [-0.1, -0.05) is 25.1 Å². The van der Waals surface area contributed by atoms with Crippen molar-refractivity contribution < 1.29 is 8.42 Å². The van der Waals surface area contributed by atoms with Gasteiger partial charge in [-0.3, -0.25) is 0 Å². The molecular formula is C12H18N2O2S. The summed E-state index contributed by atoms with van der Waals surface area (Å²) in [6.45, 7) is 3.81. The second-order valence-electron chi connectivity index (χ2n) is 4.24. The van der Waals surface area contributed by atoms with E-state index in [1.807, 2.05) is 31.2 Å². The fraction of sp³-hybridized carbons (Fsp3) is 0.500. The Bertz CT molecular complexity index is 485. The maximum atomic E-state index is 12.2. The molecule has 1 aliphatic heterocycles. The molecule has 0 bridgehead atoms. The number of hydrogen-bond donors (Lipinski definition) is 1. The lowest BCUT2D eigenvalue weighted by atomic mass is 10.2. The average molecular weight is 254 g/mol. The predicted octanol–water partition coefficient (Wildman–Crippen LogP) is 1.65. The quantitative estimate of drug-likeness (QED) is 0.873. The molecule has 0 saturated heterocycles. The van der Waals surface area contributed by atoms with E-state index in [1.165, 1.54) is 0 Å². The van der Waals surface area contributed by atoms with Crippen LogP contribution in [-0.2, 0) is 15.8 Å². The smallest absolute Gasteiger partial charge is 0.218 e. The molecule has 1 aromatic rings. The van der Waals surface area contributed by atoms with Crippen LogP contribution < -0.4 is 5.32 Å². The molecule has 0 fully saturated rings. The Balaban J connectivity index is 2.31. The lowest BCUT2D eigenvalue weighted by molar-refractivity contribution is 0.419. The summed E-state index contributed by atoms with van der Waals surface area (Å²) < 4.78 is 26.0. The van der Waals surface area contributed by atoms with Crippen molar-refractivity contribution in [1.29, 1.82) is 0 Å². The number of anilines is 1. The van der Waals surface area contributed by atoms with E-state index in [1.54, 1.807) is 4.31 Å². The SMILES string of the molecule is CCCN1CCNc2ccccc2CS1(=O)=O. The highest BCUT2D eigenvalue weighted by atomic mass is 32.2. The number of nitrogens with one attached hydrogen (secondary N) is 1. The van der Waals surface area contributed by atoms with Crippen LogP contribution in [0.5, 0.6) is 0 Å². The zero-order chi connectivity index (χ0) is 12.3. The Morgan fingerprint density at radius 1 is 1.35 bits per heavy atom. The monoisotopic (exact) mass is 254 g/mol. The normalized spacial score (nSPS) is 19.8. The second kappa shape index (κ2) is 5.06. The number of hydrogen-bond acceptors (Lipinski definition) is 3. The van der Waals surface area contributed by atoms with Gasteiger partial charge in [-0.05, 0) is 18.1 Å². The van der Waals surface area contributed by atoms with Crippen LogP contribution in [0.25, 0.3) is 0 Å². The summed E-state index contributed by atoms with van der Waals surface area (Å²) in [6.07, 6.45) is 0.848. The third-order valence-corrected chi connectivity index (χ3v) is 4.73. The molecule has 0 spiro atoms. The van der Waals surface area contributed by atoms with E-state index >= 15 is 0 Å². The second-order valence-corrected chi connectivity index (χ2v) is 6.21. The molecule has 0 atom stereocenters. The van der Waals surface area contributed by atoms with Crippen LogP contribution in [0.4, 0.5) is 5.69 Å². The number of fused-ring (bicyclic) bond motifs is 1. The number of sulfonamides is 1. The molecule has 4 nitrogen and oxygen atoms in total. The highest BCUT2D eigenvalue weighted by molar-refractivity contribution is 7.88. The molecule has 0 aromatic heterocycles. The summed E-state index contributed by atoms with van der Waals surface area (Å²) in [5.74, 6) is 0.0934. The largest absolute Gasteiger partial charge is 0.383 e. The van der Waals surface area contributed by atoms with Gasteiger partial charge in [0.2, 0.25) is 10.0 Å². The zero-order valence-electron chi connectivity index (χ0n) is 10.0. The highest BCUT2D eigenvalue weighted by Gasteiger charge is 2.24. The lowest BCUT2D eigenvalue weighted by Crippen LogP contribution is -2.38. The molecule has 2 rings (SSSR count). The maximum Gasteiger partial charge on any atom is 0.218 e. The predicted molar refractivity (Wildman–Crippen MR) is 69.4 cm³/mol. The van der Waals surface area contributed by atoms with Crippen molar-refractivity contribution in [3.05, 3.63) is 29.8 Å². The van der Waals surface area contributed by atoms with Crippen molar-refractivity contribution in [3.8, 4) is 0 Å². The van der Waals surface area contributed by atoms with E-state index < -0.39 is 10.0 Å². The summed E-state index contributed by atoms with van der Waals surface area (Å²) in [5.41, 5.74) is 1.79. The molecule has 1 aromatic carbocycles. The standard InChI is InChI=1S/C12H18N2O2S/c1-2-8-14-9-7-13-12-6-4-3-5-11(12)10-17(14,15)16/h3-6,13H,2,7-10H2,1H3. The Kier molecular flexibility index (Phi) is 3.69. The van der Waals surface area contributed by atoms with E-state index in [-0.39, 0.29) is 5.75 Å². The van der Waals surface area contributed by atoms with Crippen molar-refractivity contribution in [2.75, 3.05) is 25.0 Å². The van der Waals surface area contributed by atoms with Crippen LogP contribution >= 0.6 is 0 Å². The number of benzene rings is 1. The molecule has 0 radical (unpaired) electrons. The Morgan fingerprint density at radius 2 is 2.12 bits per heavy atom. The van der Waals surface area contributed by atoms with E-state index in [9.17, 15) is 8.42 Å². The molecule has 1 aliphatic rings. The molecule has 1 heterocycles. The fourth-order valence-electron chi connectivity index (χ4n) is 2.06. The fourth-order valence-corrected chi connectivity index (χ4v) is 3.72. The van der Waals surface area contributed by atoms with Crippen LogP contribution in [-0.4, -0.2) is 32.4 Å². The topological polar surface area (TPSA) is 49.4 Å². The third-order valence-electron chi connectivity index (χ3n) is 2.90. The highest BCUT2D eigenvalue weighted by Crippen LogP contribution is 2.21. The lowest BCUT2D eigenvalue weighted by Gasteiger charge is -2.25. The minimum atomic E-state index is -3.17. The number of nitrogens with zero attached hydrogens (tertiary/aromatic N) is 1. The maximum absolute atomic E-state index is 12.2. The van der Waals surface area contributed by atoms with Gasteiger partial charge in [0.25, 0.3) is 0 Å². The van der Waals surface area contributed by atoms with Crippen LogP contribution in [0.2, 0.25) is 0 Å². The molecule has 5 heteroatoms. The number of rotatable bonds is 2. The van der Waals surface area contributed by atoms with Crippen LogP contribution in [0.1, 0.15) is 18.9 Å². The molecule has 0 amide bonds. The minimum Gasteiger partial charge on any atom is -0.383 e. The first-order chi connectivity index (χ1) is 8.13. The van der Waals surface area contributed by atoms with E-state index in [0.29, 0.717) is 19.6 Å². The molecule has 0 unspecified atom stereocenters. The zero-order valence-corrected chi connectivity index (χ0v) is 10.8. The van der Waals surface area contributed by atoms with Gasteiger partial charge in [-0.15, -0.1) is 0 Å². The third kappa shape index (κ3) is 2.79.